The van der Waals surface area contributed by atoms with Crippen LogP contribution in [0.3, 0.4) is 0 Å². The summed E-state index contributed by atoms with van der Waals surface area (Å²) in [6.07, 6.45) is 1.66. The molecule has 6 heteroatoms. The Morgan fingerprint density at radius 1 is 1.29 bits per heavy atom. The smallest absolute Gasteiger partial charge is 0.312 e. The third kappa shape index (κ3) is 2.20. The third-order valence-corrected chi connectivity index (χ3v) is 4.72. The molecule has 2 atom stereocenters. The van der Waals surface area contributed by atoms with Crippen LogP contribution in [-0.4, -0.2) is 34.4 Å². The van der Waals surface area contributed by atoms with Gasteiger partial charge in [0.05, 0.1) is 0 Å². The number of hydrogen-bond donors (Lipinski definition) is 0. The molecule has 1 aromatic rings. The number of imide groups is 1. The molecule has 3 rings (SSSR count). The highest BCUT2D eigenvalue weighted by molar-refractivity contribution is 6.30. The minimum atomic E-state index is -0.345. The van der Waals surface area contributed by atoms with Crippen molar-refractivity contribution in [2.75, 3.05) is 11.4 Å². The molecule has 0 spiro atoms. The summed E-state index contributed by atoms with van der Waals surface area (Å²) in [7, 11) is 0. The predicted octanol–water partition coefficient (Wildman–Crippen LogP) is 2.92. The molecule has 3 amide bonds. The van der Waals surface area contributed by atoms with Crippen molar-refractivity contribution in [2.45, 2.75) is 39.7 Å². The quantitative estimate of drug-likeness (QED) is 0.592. The Labute approximate surface area is 128 Å². The van der Waals surface area contributed by atoms with Gasteiger partial charge in [0.2, 0.25) is 0 Å². The van der Waals surface area contributed by atoms with Crippen molar-refractivity contribution >= 4 is 29.4 Å². The van der Waals surface area contributed by atoms with E-state index in [1.807, 2.05) is 19.9 Å². The SMILES string of the molecule is Cc1cc(C)c(N2C(=O)C3CC(C)CCN3C2=O)nc1Cl. The van der Waals surface area contributed by atoms with E-state index in [4.69, 9.17) is 11.6 Å². The van der Waals surface area contributed by atoms with Crippen LogP contribution in [0.1, 0.15) is 30.9 Å². The lowest BCUT2D eigenvalue weighted by Gasteiger charge is -2.30. The first kappa shape index (κ1) is 14.3. The molecule has 2 fully saturated rings. The number of piperidine rings is 1. The van der Waals surface area contributed by atoms with E-state index in [0.717, 1.165) is 24.0 Å². The maximum Gasteiger partial charge on any atom is 0.333 e. The van der Waals surface area contributed by atoms with Crippen molar-refractivity contribution in [3.05, 3.63) is 22.3 Å². The van der Waals surface area contributed by atoms with Gasteiger partial charge in [0.1, 0.15) is 17.0 Å². The maximum absolute atomic E-state index is 12.6. The number of pyridine rings is 1. The van der Waals surface area contributed by atoms with Gasteiger partial charge in [-0.2, -0.15) is 0 Å². The molecule has 0 aliphatic carbocycles. The molecule has 0 radical (unpaired) electrons. The molecule has 0 bridgehead atoms. The van der Waals surface area contributed by atoms with Gasteiger partial charge in [0.25, 0.3) is 5.91 Å². The molecule has 21 heavy (non-hydrogen) atoms. The van der Waals surface area contributed by atoms with Gasteiger partial charge in [-0.25, -0.2) is 14.7 Å². The van der Waals surface area contributed by atoms with Gasteiger partial charge in [0, 0.05) is 6.54 Å². The van der Waals surface area contributed by atoms with Gasteiger partial charge >= 0.3 is 6.03 Å². The summed E-state index contributed by atoms with van der Waals surface area (Å²) < 4.78 is 0. The van der Waals surface area contributed by atoms with Crippen LogP contribution in [0.4, 0.5) is 10.6 Å². The molecule has 2 saturated heterocycles. The number of hydrogen-bond acceptors (Lipinski definition) is 3. The lowest BCUT2D eigenvalue weighted by atomic mass is 9.93. The minimum absolute atomic E-state index is 0.179. The Balaban J connectivity index is 2.01. The van der Waals surface area contributed by atoms with Crippen molar-refractivity contribution < 1.29 is 9.59 Å². The van der Waals surface area contributed by atoms with Crippen molar-refractivity contribution in [1.29, 1.82) is 0 Å². The zero-order valence-corrected chi connectivity index (χ0v) is 13.1. The molecule has 0 aromatic carbocycles. The Kier molecular flexibility index (Phi) is 3.40. The number of amides is 3. The Morgan fingerprint density at radius 3 is 2.71 bits per heavy atom. The number of aromatic nitrogens is 1. The first-order valence-electron chi connectivity index (χ1n) is 7.18. The highest BCUT2D eigenvalue weighted by Crippen LogP contribution is 2.34. The van der Waals surface area contributed by atoms with Crippen LogP contribution in [0.5, 0.6) is 0 Å². The van der Waals surface area contributed by atoms with Crippen LogP contribution < -0.4 is 4.90 Å². The van der Waals surface area contributed by atoms with E-state index in [0.29, 0.717) is 23.4 Å². The van der Waals surface area contributed by atoms with Gasteiger partial charge in [-0.05, 0) is 49.8 Å². The summed E-state index contributed by atoms with van der Waals surface area (Å²) >= 11 is 6.06. The molecule has 3 heterocycles. The van der Waals surface area contributed by atoms with Crippen LogP contribution in [0.25, 0.3) is 0 Å². The fourth-order valence-electron chi connectivity index (χ4n) is 3.12. The molecular formula is C15H18ClN3O2. The summed E-state index contributed by atoms with van der Waals surface area (Å²) in [5.41, 5.74) is 1.62. The highest BCUT2D eigenvalue weighted by atomic mass is 35.5. The summed E-state index contributed by atoms with van der Waals surface area (Å²) in [6.45, 7) is 6.44. The van der Waals surface area contributed by atoms with Gasteiger partial charge in [-0.3, -0.25) is 4.79 Å². The summed E-state index contributed by atoms with van der Waals surface area (Å²) in [5, 5.41) is 0.328. The number of halogens is 1. The summed E-state index contributed by atoms with van der Waals surface area (Å²) in [4.78, 5) is 32.3. The van der Waals surface area contributed by atoms with E-state index in [9.17, 15) is 9.59 Å². The Bertz CT molecular complexity index is 632. The van der Waals surface area contributed by atoms with Gasteiger partial charge < -0.3 is 4.90 Å². The van der Waals surface area contributed by atoms with Crippen molar-refractivity contribution in [3.8, 4) is 0 Å². The lowest BCUT2D eigenvalue weighted by molar-refractivity contribution is -0.120. The molecule has 2 aliphatic heterocycles. The normalized spacial score (nSPS) is 25.5. The first-order valence-corrected chi connectivity index (χ1v) is 7.56. The monoisotopic (exact) mass is 307 g/mol. The second-order valence-corrected chi connectivity index (χ2v) is 6.39. The van der Waals surface area contributed by atoms with Crippen LogP contribution in [0, 0.1) is 19.8 Å². The van der Waals surface area contributed by atoms with Gasteiger partial charge in [0.15, 0.2) is 0 Å². The fourth-order valence-corrected chi connectivity index (χ4v) is 3.25. The number of carbonyl (C=O) groups excluding carboxylic acids is 2. The standard InChI is InChI=1S/C15H18ClN3O2/c1-8-4-5-18-11(6-8)14(20)19(15(18)21)13-10(3)7-9(2)12(16)17-13/h7-8,11H,4-6H2,1-3H3. The van der Waals surface area contributed by atoms with E-state index < -0.39 is 0 Å². The summed E-state index contributed by atoms with van der Waals surface area (Å²) in [5.74, 6) is 0.642. The average Bonchev–Trinajstić information content (AvgIpc) is 2.66. The van der Waals surface area contributed by atoms with Crippen LogP contribution in [-0.2, 0) is 4.79 Å². The molecule has 2 aliphatic rings. The number of rotatable bonds is 1. The van der Waals surface area contributed by atoms with E-state index in [2.05, 4.69) is 11.9 Å². The third-order valence-electron chi connectivity index (χ3n) is 4.33. The largest absolute Gasteiger partial charge is 0.333 e. The number of nitrogens with zero attached hydrogens (tertiary/aromatic N) is 3. The average molecular weight is 308 g/mol. The Morgan fingerprint density at radius 2 is 2.00 bits per heavy atom. The molecule has 0 saturated carbocycles. The number of fused-ring (bicyclic) bond motifs is 1. The predicted molar refractivity (Wildman–Crippen MR) is 80.5 cm³/mol. The van der Waals surface area contributed by atoms with Crippen molar-refractivity contribution in [2.24, 2.45) is 5.92 Å². The molecule has 112 valence electrons. The van der Waals surface area contributed by atoms with Gasteiger partial charge in [-0.15, -0.1) is 0 Å². The minimum Gasteiger partial charge on any atom is -0.312 e. The van der Waals surface area contributed by atoms with E-state index >= 15 is 0 Å². The van der Waals surface area contributed by atoms with E-state index in [1.54, 1.807) is 4.90 Å². The zero-order chi connectivity index (χ0) is 15.3. The van der Waals surface area contributed by atoms with E-state index in [1.165, 1.54) is 4.90 Å². The van der Waals surface area contributed by atoms with Crippen LogP contribution in [0.15, 0.2) is 6.07 Å². The topological polar surface area (TPSA) is 53.5 Å². The number of urea groups is 1. The first-order chi connectivity index (χ1) is 9.90. The fraction of sp³-hybridized carbons (Fsp3) is 0.533. The zero-order valence-electron chi connectivity index (χ0n) is 12.4. The number of carbonyl (C=O) groups is 2. The van der Waals surface area contributed by atoms with E-state index in [-0.39, 0.29) is 18.0 Å². The number of aryl methyl sites for hydroxylation is 2. The Hall–Kier alpha value is -1.62. The van der Waals surface area contributed by atoms with Crippen LogP contribution in [0.2, 0.25) is 5.15 Å². The van der Waals surface area contributed by atoms with Crippen molar-refractivity contribution in [3.63, 3.8) is 0 Å². The lowest BCUT2D eigenvalue weighted by Crippen LogP contribution is -2.41. The molecular weight excluding hydrogens is 290 g/mol. The van der Waals surface area contributed by atoms with Gasteiger partial charge in [-0.1, -0.05) is 18.5 Å². The highest BCUT2D eigenvalue weighted by Gasteiger charge is 2.48. The van der Waals surface area contributed by atoms with Crippen molar-refractivity contribution in [1.82, 2.24) is 9.88 Å². The number of anilines is 1. The summed E-state index contributed by atoms with van der Waals surface area (Å²) in [6, 6.07) is 1.24. The maximum atomic E-state index is 12.6. The molecule has 5 nitrogen and oxygen atoms in total. The van der Waals surface area contributed by atoms with Crippen LogP contribution >= 0.6 is 11.6 Å². The second kappa shape index (κ2) is 4.98. The molecule has 2 unspecified atom stereocenters. The molecule has 1 aromatic heterocycles. The molecule has 0 N–H and O–H groups in total. The second-order valence-electron chi connectivity index (χ2n) is 6.03.